The molecule has 0 amide bonds. The average Bonchev–Trinajstić information content (AvgIpc) is 3.37. The number of morpholine rings is 1. The van der Waals surface area contributed by atoms with Gasteiger partial charge in [0.2, 0.25) is 0 Å². The minimum Gasteiger partial charge on any atom is -0.388 e. The van der Waals surface area contributed by atoms with Crippen LogP contribution in [0.5, 0.6) is 0 Å². The van der Waals surface area contributed by atoms with E-state index in [2.05, 4.69) is 58.3 Å². The first-order valence-corrected chi connectivity index (χ1v) is 20.7. The molecule has 280 valence electrons. The molecule has 0 aromatic carbocycles. The van der Waals surface area contributed by atoms with Crippen LogP contribution in [0.4, 0.5) is 0 Å². The van der Waals surface area contributed by atoms with E-state index >= 15 is 0 Å². The zero-order valence-corrected chi connectivity index (χ0v) is 32.9. The lowest BCUT2D eigenvalue weighted by atomic mass is 9.46. The summed E-state index contributed by atoms with van der Waals surface area (Å²) >= 11 is 0. The molecule has 7 nitrogen and oxygen atoms in total. The molecular formula is C42H72N2O5. The van der Waals surface area contributed by atoms with Crippen molar-refractivity contribution in [2.24, 2.45) is 51.2 Å². The summed E-state index contributed by atoms with van der Waals surface area (Å²) in [5, 5.41) is 11.0. The molecule has 7 heteroatoms. The van der Waals surface area contributed by atoms with E-state index in [1.807, 2.05) is 20.8 Å². The maximum absolute atomic E-state index is 11.0. The fourth-order valence-electron chi connectivity index (χ4n) is 14.9. The Bertz CT molecular complexity index is 1240. The predicted octanol–water partition coefficient (Wildman–Crippen LogP) is 7.14. The van der Waals surface area contributed by atoms with Crippen LogP contribution < -0.4 is 0 Å². The van der Waals surface area contributed by atoms with Crippen LogP contribution in [-0.4, -0.2) is 102 Å². The summed E-state index contributed by atoms with van der Waals surface area (Å²) in [6, 6.07) is 0.639. The van der Waals surface area contributed by atoms with Crippen LogP contribution in [0.2, 0.25) is 0 Å². The Balaban J connectivity index is 0.951. The van der Waals surface area contributed by atoms with Gasteiger partial charge in [-0.25, -0.2) is 0 Å². The number of ether oxygens (including phenoxy) is 4. The molecule has 0 aromatic rings. The van der Waals surface area contributed by atoms with Crippen molar-refractivity contribution < 1.29 is 24.1 Å². The van der Waals surface area contributed by atoms with E-state index in [-0.39, 0.29) is 35.6 Å². The highest BCUT2D eigenvalue weighted by Gasteiger charge is 2.84. The number of nitrogens with zero attached hydrogens (tertiary/aromatic N) is 2. The highest BCUT2D eigenvalue weighted by molar-refractivity contribution is 5.32. The molecule has 2 spiro atoms. The van der Waals surface area contributed by atoms with E-state index in [0.717, 1.165) is 49.8 Å². The van der Waals surface area contributed by atoms with Gasteiger partial charge < -0.3 is 24.1 Å². The fourth-order valence-corrected chi connectivity index (χ4v) is 14.9. The second kappa shape index (κ2) is 11.9. The first-order valence-electron chi connectivity index (χ1n) is 20.7. The molecule has 8 aliphatic rings. The lowest BCUT2D eigenvalue weighted by Gasteiger charge is -2.60. The zero-order chi connectivity index (χ0) is 34.9. The summed E-state index contributed by atoms with van der Waals surface area (Å²) in [6.07, 6.45) is 11.6. The minimum absolute atomic E-state index is 0.0101. The number of hydrogen-bond acceptors (Lipinski definition) is 7. The first kappa shape index (κ1) is 35.7. The molecule has 3 aliphatic heterocycles. The van der Waals surface area contributed by atoms with Gasteiger partial charge >= 0.3 is 0 Å². The Morgan fingerprint density at radius 2 is 1.61 bits per heavy atom. The molecule has 13 atom stereocenters. The molecule has 3 saturated heterocycles. The lowest BCUT2D eigenvalue weighted by Crippen LogP contribution is -2.66. The second-order valence-corrected chi connectivity index (χ2v) is 20.8. The molecule has 8 rings (SSSR count). The van der Waals surface area contributed by atoms with Gasteiger partial charge in [0.15, 0.2) is 6.29 Å². The molecule has 5 saturated carbocycles. The van der Waals surface area contributed by atoms with Gasteiger partial charge in [0.1, 0.15) is 6.10 Å². The van der Waals surface area contributed by atoms with Crippen molar-refractivity contribution in [1.29, 1.82) is 0 Å². The number of hydrogen-bond donors (Lipinski definition) is 1. The van der Waals surface area contributed by atoms with E-state index in [1.54, 1.807) is 0 Å². The van der Waals surface area contributed by atoms with Gasteiger partial charge in [0, 0.05) is 44.4 Å². The molecule has 8 fully saturated rings. The van der Waals surface area contributed by atoms with Gasteiger partial charge in [-0.05, 0) is 151 Å². The van der Waals surface area contributed by atoms with Gasteiger partial charge in [0.05, 0.1) is 30.5 Å². The van der Waals surface area contributed by atoms with Crippen LogP contribution in [0.3, 0.4) is 0 Å². The molecule has 12 unspecified atom stereocenters. The highest BCUT2D eigenvalue weighted by atomic mass is 16.7. The van der Waals surface area contributed by atoms with Gasteiger partial charge in [-0.3, -0.25) is 9.80 Å². The largest absolute Gasteiger partial charge is 0.388 e. The van der Waals surface area contributed by atoms with Gasteiger partial charge in [-0.15, -0.1) is 0 Å². The number of rotatable bonds is 7. The summed E-state index contributed by atoms with van der Waals surface area (Å²) in [6.45, 7) is 29.0. The minimum atomic E-state index is -0.899. The summed E-state index contributed by atoms with van der Waals surface area (Å²) in [4.78, 5) is 5.26. The third-order valence-electron chi connectivity index (χ3n) is 17.3. The van der Waals surface area contributed by atoms with Crippen molar-refractivity contribution in [3.05, 3.63) is 0 Å². The molecule has 0 aromatic heterocycles. The van der Waals surface area contributed by atoms with E-state index in [9.17, 15) is 5.11 Å². The van der Waals surface area contributed by atoms with Crippen molar-refractivity contribution >= 4 is 0 Å². The number of fused-ring (bicyclic) bond motifs is 4. The third kappa shape index (κ3) is 5.18. The zero-order valence-electron chi connectivity index (χ0n) is 32.9. The van der Waals surface area contributed by atoms with Crippen molar-refractivity contribution in [2.45, 2.75) is 175 Å². The first-order chi connectivity index (χ1) is 23.0. The van der Waals surface area contributed by atoms with Gasteiger partial charge in [-0.1, -0.05) is 27.7 Å². The average molecular weight is 685 g/mol. The number of likely N-dealkylation sites (tertiary alicyclic amines) is 1. The molecule has 5 aliphatic carbocycles. The van der Waals surface area contributed by atoms with Crippen molar-refractivity contribution in [3.63, 3.8) is 0 Å². The monoisotopic (exact) mass is 685 g/mol. The van der Waals surface area contributed by atoms with Crippen LogP contribution in [0.15, 0.2) is 0 Å². The Hall–Kier alpha value is -0.280. The molecule has 0 bridgehead atoms. The fraction of sp³-hybridized carbons (Fsp3) is 1.00. The summed E-state index contributed by atoms with van der Waals surface area (Å²) < 4.78 is 26.6. The van der Waals surface area contributed by atoms with Crippen LogP contribution in [0, 0.1) is 51.2 Å². The summed E-state index contributed by atoms with van der Waals surface area (Å²) in [5.74, 6) is 3.75. The Morgan fingerprint density at radius 3 is 2.31 bits per heavy atom. The smallest absolute Gasteiger partial charge is 0.170 e. The van der Waals surface area contributed by atoms with E-state index in [4.69, 9.17) is 18.9 Å². The predicted molar refractivity (Wildman–Crippen MR) is 193 cm³/mol. The SMILES string of the molecule is CCOC(C1CCC2C(CC3C4CCC5C(C)(C)C(OC6CN(C7CN(C(C)(C)C)C7)CCO6)CCC56[C@@H](C)C46CCC23C)O1)C(C)(C)O. The van der Waals surface area contributed by atoms with Crippen molar-refractivity contribution in [2.75, 3.05) is 39.4 Å². The van der Waals surface area contributed by atoms with E-state index in [0.29, 0.717) is 40.9 Å². The van der Waals surface area contributed by atoms with Crippen molar-refractivity contribution in [1.82, 2.24) is 9.80 Å². The molecule has 3 heterocycles. The van der Waals surface area contributed by atoms with E-state index < -0.39 is 5.60 Å². The maximum Gasteiger partial charge on any atom is 0.170 e. The topological polar surface area (TPSA) is 63.6 Å². The highest BCUT2D eigenvalue weighted by Crippen LogP contribution is 2.89. The Labute approximate surface area is 298 Å². The van der Waals surface area contributed by atoms with Crippen LogP contribution in [-0.2, 0) is 18.9 Å². The van der Waals surface area contributed by atoms with E-state index in [1.165, 1.54) is 64.5 Å². The van der Waals surface area contributed by atoms with Gasteiger partial charge in [0.25, 0.3) is 0 Å². The van der Waals surface area contributed by atoms with Crippen molar-refractivity contribution in [3.8, 4) is 0 Å². The Kier molecular flexibility index (Phi) is 8.65. The maximum atomic E-state index is 11.0. The Morgan fingerprint density at radius 1 is 0.878 bits per heavy atom. The normalized spacial score (nSPS) is 49.2. The van der Waals surface area contributed by atoms with Crippen LogP contribution >= 0.6 is 0 Å². The molecule has 49 heavy (non-hydrogen) atoms. The third-order valence-corrected chi connectivity index (χ3v) is 17.3. The molecule has 1 N–H and O–H groups in total. The summed E-state index contributed by atoms with van der Waals surface area (Å²) in [5.41, 5.74) is 0.855. The quantitative estimate of drug-likeness (QED) is 0.306. The van der Waals surface area contributed by atoms with Crippen LogP contribution in [0.1, 0.15) is 127 Å². The summed E-state index contributed by atoms with van der Waals surface area (Å²) in [7, 11) is 0. The molecule has 0 radical (unpaired) electrons. The lowest BCUT2D eigenvalue weighted by molar-refractivity contribution is -0.251. The molecular weight excluding hydrogens is 612 g/mol. The number of aliphatic hydroxyl groups is 1. The van der Waals surface area contributed by atoms with Crippen LogP contribution in [0.25, 0.3) is 0 Å². The van der Waals surface area contributed by atoms with Gasteiger partial charge in [-0.2, -0.15) is 0 Å². The second-order valence-electron chi connectivity index (χ2n) is 20.8. The standard InChI is InChI=1S/C42H72N2O5/c1-11-46-36(39(8,9)45)31-14-12-29-32(48-31)22-30-28-13-15-33-38(6,7)34(16-17-42(33)26(2)41(28,42)19-18-40(29,30)10)49-35-25-43(20-21-47-35)27-23-44(24-27)37(3,4)5/h26-36,45H,11-25H2,1-10H3/t26-,28?,29?,30?,31?,32?,33?,34?,35?,36?,40?,41?,42?/m0/s1.